The molecule has 0 radical (unpaired) electrons. The third-order valence-corrected chi connectivity index (χ3v) is 4.66. The van der Waals surface area contributed by atoms with Crippen LogP contribution >= 0.6 is 0 Å². The fourth-order valence-corrected chi connectivity index (χ4v) is 3.26. The monoisotopic (exact) mass is 362 g/mol. The first-order valence-electron chi connectivity index (χ1n) is 9.09. The van der Waals surface area contributed by atoms with E-state index in [4.69, 9.17) is 4.74 Å². The van der Waals surface area contributed by atoms with Crippen LogP contribution in [0.5, 0.6) is 0 Å². The normalized spacial score (nSPS) is 14.7. The van der Waals surface area contributed by atoms with Gasteiger partial charge in [0.25, 0.3) is 0 Å². The van der Waals surface area contributed by atoms with Gasteiger partial charge in [0, 0.05) is 35.8 Å². The SMILES string of the molecule is O=C(Cn1cc(/C=N\Nc2ccccc2)c2ccccc21)N1CCOCC1. The van der Waals surface area contributed by atoms with Crippen LogP contribution in [0.1, 0.15) is 5.56 Å². The maximum atomic E-state index is 12.6. The Morgan fingerprint density at radius 2 is 1.81 bits per heavy atom. The van der Waals surface area contributed by atoms with Crippen LogP contribution in [0.3, 0.4) is 0 Å². The Bertz CT molecular complexity index is 943. The second kappa shape index (κ2) is 8.05. The lowest BCUT2D eigenvalue weighted by atomic mass is 10.2. The zero-order chi connectivity index (χ0) is 18.5. The van der Waals surface area contributed by atoms with Crippen LogP contribution in [0.15, 0.2) is 65.9 Å². The summed E-state index contributed by atoms with van der Waals surface area (Å²) < 4.78 is 7.33. The van der Waals surface area contributed by atoms with Crippen molar-refractivity contribution in [3.05, 3.63) is 66.4 Å². The number of carbonyl (C=O) groups excluding carboxylic acids is 1. The summed E-state index contributed by atoms with van der Waals surface area (Å²) in [6.45, 7) is 2.86. The van der Waals surface area contributed by atoms with E-state index < -0.39 is 0 Å². The smallest absolute Gasteiger partial charge is 0.242 e. The highest BCUT2D eigenvalue weighted by Gasteiger charge is 2.18. The number of aromatic nitrogens is 1. The number of nitrogens with one attached hydrogen (secondary N) is 1. The van der Waals surface area contributed by atoms with Gasteiger partial charge >= 0.3 is 0 Å². The molecule has 0 saturated carbocycles. The van der Waals surface area contributed by atoms with Gasteiger partial charge in [0.1, 0.15) is 6.54 Å². The number of nitrogens with zero attached hydrogens (tertiary/aromatic N) is 3. The molecule has 6 nitrogen and oxygen atoms in total. The average molecular weight is 362 g/mol. The second-order valence-electron chi connectivity index (χ2n) is 6.46. The summed E-state index contributed by atoms with van der Waals surface area (Å²) in [6.07, 6.45) is 3.78. The molecule has 27 heavy (non-hydrogen) atoms. The van der Waals surface area contributed by atoms with Gasteiger partial charge in [-0.25, -0.2) is 0 Å². The third kappa shape index (κ3) is 4.01. The maximum Gasteiger partial charge on any atom is 0.242 e. The summed E-state index contributed by atoms with van der Waals surface area (Å²) in [4.78, 5) is 14.5. The standard InChI is InChI=1S/C21H22N4O2/c26-21(24-10-12-27-13-11-24)16-25-15-17(19-8-4-5-9-20(19)25)14-22-23-18-6-2-1-3-7-18/h1-9,14-15,23H,10-13,16H2/b22-14-. The molecule has 0 spiro atoms. The van der Waals surface area contributed by atoms with Crippen molar-refractivity contribution in [3.8, 4) is 0 Å². The fraction of sp³-hybridized carbons (Fsp3) is 0.238. The summed E-state index contributed by atoms with van der Waals surface area (Å²) in [5, 5.41) is 5.42. The van der Waals surface area contributed by atoms with Gasteiger partial charge in [-0.1, -0.05) is 36.4 Å². The Hall–Kier alpha value is -3.12. The van der Waals surface area contributed by atoms with Gasteiger partial charge in [0.2, 0.25) is 5.91 Å². The molecule has 1 fully saturated rings. The van der Waals surface area contributed by atoms with E-state index in [2.05, 4.69) is 16.6 Å². The summed E-state index contributed by atoms with van der Waals surface area (Å²) in [5.41, 5.74) is 5.97. The van der Waals surface area contributed by atoms with Crippen molar-refractivity contribution < 1.29 is 9.53 Å². The molecule has 138 valence electrons. The number of para-hydroxylation sites is 2. The zero-order valence-electron chi connectivity index (χ0n) is 15.0. The van der Waals surface area contributed by atoms with E-state index in [9.17, 15) is 4.79 Å². The molecule has 1 N–H and O–H groups in total. The molecule has 4 rings (SSSR count). The Morgan fingerprint density at radius 3 is 2.63 bits per heavy atom. The molecule has 2 aromatic carbocycles. The van der Waals surface area contributed by atoms with Crippen LogP contribution < -0.4 is 5.43 Å². The largest absolute Gasteiger partial charge is 0.378 e. The molecule has 3 aromatic rings. The van der Waals surface area contributed by atoms with E-state index >= 15 is 0 Å². The van der Waals surface area contributed by atoms with Crippen molar-refractivity contribution >= 4 is 28.7 Å². The number of carbonyl (C=O) groups is 1. The van der Waals surface area contributed by atoms with Crippen LogP contribution in [0.25, 0.3) is 10.9 Å². The summed E-state index contributed by atoms with van der Waals surface area (Å²) >= 11 is 0. The molecule has 1 aliphatic heterocycles. The molecule has 1 aliphatic rings. The van der Waals surface area contributed by atoms with E-state index in [0.29, 0.717) is 32.8 Å². The van der Waals surface area contributed by atoms with Gasteiger partial charge in [-0.05, 0) is 18.2 Å². The van der Waals surface area contributed by atoms with Crippen molar-refractivity contribution in [1.29, 1.82) is 0 Å². The van der Waals surface area contributed by atoms with Crippen LogP contribution in [-0.2, 0) is 16.1 Å². The summed E-state index contributed by atoms with van der Waals surface area (Å²) in [7, 11) is 0. The van der Waals surface area contributed by atoms with E-state index in [1.54, 1.807) is 6.21 Å². The quantitative estimate of drug-likeness (QED) is 0.561. The lowest BCUT2D eigenvalue weighted by Gasteiger charge is -2.27. The highest BCUT2D eigenvalue weighted by Crippen LogP contribution is 2.20. The second-order valence-corrected chi connectivity index (χ2v) is 6.46. The maximum absolute atomic E-state index is 12.6. The number of amides is 1. The Kier molecular flexibility index (Phi) is 5.16. The zero-order valence-corrected chi connectivity index (χ0v) is 15.0. The van der Waals surface area contributed by atoms with Crippen molar-refractivity contribution in [2.24, 2.45) is 5.10 Å². The van der Waals surface area contributed by atoms with Crippen molar-refractivity contribution in [2.45, 2.75) is 6.54 Å². The van der Waals surface area contributed by atoms with Gasteiger partial charge in [-0.3, -0.25) is 10.2 Å². The first kappa shape index (κ1) is 17.3. The van der Waals surface area contributed by atoms with Crippen LogP contribution in [0.4, 0.5) is 5.69 Å². The van der Waals surface area contributed by atoms with Gasteiger partial charge in [0.05, 0.1) is 25.1 Å². The molecule has 6 heteroatoms. The lowest BCUT2D eigenvalue weighted by Crippen LogP contribution is -2.42. The van der Waals surface area contributed by atoms with Crippen molar-refractivity contribution in [1.82, 2.24) is 9.47 Å². The number of hydrogen-bond donors (Lipinski definition) is 1. The van der Waals surface area contributed by atoms with Crippen LogP contribution in [-0.4, -0.2) is 47.9 Å². The predicted molar refractivity (Wildman–Crippen MR) is 107 cm³/mol. The number of ether oxygens (including phenoxy) is 1. The minimum absolute atomic E-state index is 0.116. The molecular weight excluding hydrogens is 340 g/mol. The Morgan fingerprint density at radius 1 is 1.07 bits per heavy atom. The van der Waals surface area contributed by atoms with Crippen LogP contribution in [0, 0.1) is 0 Å². The highest BCUT2D eigenvalue weighted by molar-refractivity contribution is 6.00. The van der Waals surface area contributed by atoms with Crippen molar-refractivity contribution in [2.75, 3.05) is 31.7 Å². The lowest BCUT2D eigenvalue weighted by molar-refractivity contribution is -0.135. The van der Waals surface area contributed by atoms with Gasteiger partial charge in [-0.15, -0.1) is 0 Å². The van der Waals surface area contributed by atoms with E-state index in [0.717, 1.165) is 22.2 Å². The third-order valence-electron chi connectivity index (χ3n) is 4.66. The van der Waals surface area contributed by atoms with E-state index in [1.807, 2.05) is 64.2 Å². The summed E-state index contributed by atoms with van der Waals surface area (Å²) in [5.74, 6) is 0.116. The number of benzene rings is 2. The predicted octanol–water partition coefficient (Wildman–Crippen LogP) is 2.95. The summed E-state index contributed by atoms with van der Waals surface area (Å²) in [6, 6.07) is 17.9. The molecule has 0 unspecified atom stereocenters. The molecule has 0 atom stereocenters. The number of morpholine rings is 1. The molecule has 1 saturated heterocycles. The first-order chi connectivity index (χ1) is 13.3. The topological polar surface area (TPSA) is 58.9 Å². The molecule has 2 heterocycles. The Labute approximate surface area is 158 Å². The first-order valence-corrected chi connectivity index (χ1v) is 9.09. The fourth-order valence-electron chi connectivity index (χ4n) is 3.26. The number of hydrazone groups is 1. The highest BCUT2D eigenvalue weighted by atomic mass is 16.5. The minimum atomic E-state index is 0.116. The van der Waals surface area contributed by atoms with Gasteiger partial charge < -0.3 is 14.2 Å². The number of hydrogen-bond acceptors (Lipinski definition) is 4. The number of anilines is 1. The van der Waals surface area contributed by atoms with E-state index in [1.165, 1.54) is 0 Å². The Balaban J connectivity index is 1.54. The van der Waals surface area contributed by atoms with Crippen molar-refractivity contribution in [3.63, 3.8) is 0 Å². The average Bonchev–Trinajstić information content (AvgIpc) is 3.07. The van der Waals surface area contributed by atoms with Gasteiger partial charge in [-0.2, -0.15) is 5.10 Å². The molecule has 0 bridgehead atoms. The molecule has 1 amide bonds. The minimum Gasteiger partial charge on any atom is -0.378 e. The molecular formula is C21H22N4O2. The molecule has 0 aliphatic carbocycles. The van der Waals surface area contributed by atoms with E-state index in [-0.39, 0.29) is 5.91 Å². The number of rotatable bonds is 5. The molecule has 1 aromatic heterocycles. The van der Waals surface area contributed by atoms with Gasteiger partial charge in [0.15, 0.2) is 0 Å². The number of fused-ring (bicyclic) bond motifs is 1. The van der Waals surface area contributed by atoms with Crippen LogP contribution in [0.2, 0.25) is 0 Å².